The zero-order valence-electron chi connectivity index (χ0n) is 30.9. The van der Waals surface area contributed by atoms with Gasteiger partial charge in [-0.1, -0.05) is 101 Å². The largest absolute Gasteiger partial charge is 0.459 e. The van der Waals surface area contributed by atoms with E-state index in [4.69, 9.17) is 18.9 Å². The molecule has 0 spiro atoms. The van der Waals surface area contributed by atoms with E-state index in [-0.39, 0.29) is 43.7 Å². The average molecular weight is 713 g/mol. The van der Waals surface area contributed by atoms with Crippen LogP contribution in [-0.2, 0) is 28.5 Å². The standard InChI is InChI=1S/C41H60O10/c1-7-33(43)29(4)28(3)25-48-40(47)34(44)19-14-15-20-37-41(6,26-42)38-24-32(50-37)18-11-8-10-16-27(2)22-36-30(5)35(45)23-31(49-36)17-12-9-13-21-39(46)51-38/h9-16,18,21-22,29-38,42-45H,3,7-8,17,19-20,23-26H2,1-2,4-6H3. The summed E-state index contributed by atoms with van der Waals surface area (Å²) < 4.78 is 23.9. The van der Waals surface area contributed by atoms with Gasteiger partial charge in [-0.15, -0.1) is 0 Å². The number of fused-ring (bicyclic) bond motifs is 4. The Morgan fingerprint density at radius 3 is 2.63 bits per heavy atom. The van der Waals surface area contributed by atoms with Crippen molar-refractivity contribution in [2.75, 3.05) is 13.2 Å². The van der Waals surface area contributed by atoms with Gasteiger partial charge in [0.05, 0.1) is 48.6 Å². The van der Waals surface area contributed by atoms with Crippen LogP contribution in [0, 0.1) is 17.3 Å². The minimum absolute atomic E-state index is 0.00831. The van der Waals surface area contributed by atoms with Crippen molar-refractivity contribution in [2.24, 2.45) is 17.3 Å². The van der Waals surface area contributed by atoms with E-state index in [1.165, 1.54) is 6.08 Å². The molecular weight excluding hydrogens is 652 g/mol. The molecule has 3 aliphatic rings. The van der Waals surface area contributed by atoms with Gasteiger partial charge >= 0.3 is 11.9 Å². The summed E-state index contributed by atoms with van der Waals surface area (Å²) in [5.74, 6) is -1.59. The number of allylic oxidation sites excluding steroid dienone is 6. The van der Waals surface area contributed by atoms with Gasteiger partial charge in [-0.2, -0.15) is 0 Å². The molecule has 3 aliphatic heterocycles. The molecule has 3 heterocycles. The third-order valence-electron chi connectivity index (χ3n) is 10.3. The summed E-state index contributed by atoms with van der Waals surface area (Å²) in [5, 5.41) is 41.6. The molecule has 0 aromatic carbocycles. The summed E-state index contributed by atoms with van der Waals surface area (Å²) in [6.07, 6.45) is 18.8. The van der Waals surface area contributed by atoms with E-state index in [0.717, 1.165) is 5.57 Å². The summed E-state index contributed by atoms with van der Waals surface area (Å²) >= 11 is 0. The zero-order valence-corrected chi connectivity index (χ0v) is 30.9. The van der Waals surface area contributed by atoms with Crippen molar-refractivity contribution in [2.45, 2.75) is 128 Å². The van der Waals surface area contributed by atoms with Crippen molar-refractivity contribution < 1.29 is 49.0 Å². The number of hydrogen-bond donors (Lipinski definition) is 4. The van der Waals surface area contributed by atoms with Gasteiger partial charge < -0.3 is 39.4 Å². The fraction of sp³-hybridized carbons (Fsp3) is 0.610. The fourth-order valence-electron chi connectivity index (χ4n) is 6.45. The van der Waals surface area contributed by atoms with E-state index in [0.29, 0.717) is 44.1 Å². The van der Waals surface area contributed by atoms with Crippen LogP contribution >= 0.6 is 0 Å². The first-order valence-corrected chi connectivity index (χ1v) is 18.3. The molecule has 4 N–H and O–H groups in total. The van der Waals surface area contributed by atoms with Crippen molar-refractivity contribution >= 4 is 11.9 Å². The van der Waals surface area contributed by atoms with Gasteiger partial charge in [0.1, 0.15) is 12.7 Å². The number of carbonyl (C=O) groups excluding carboxylic acids is 2. The predicted molar refractivity (Wildman–Crippen MR) is 196 cm³/mol. The van der Waals surface area contributed by atoms with E-state index in [2.05, 4.69) is 12.7 Å². The quantitative estimate of drug-likeness (QED) is 0.162. The molecule has 11 unspecified atom stereocenters. The minimum atomic E-state index is -1.38. The Morgan fingerprint density at radius 2 is 1.90 bits per heavy atom. The van der Waals surface area contributed by atoms with Crippen LogP contribution in [0.3, 0.4) is 0 Å². The fourth-order valence-corrected chi connectivity index (χ4v) is 6.45. The van der Waals surface area contributed by atoms with E-state index in [1.807, 2.05) is 65.0 Å². The van der Waals surface area contributed by atoms with Gasteiger partial charge in [0, 0.05) is 37.2 Å². The number of aliphatic hydroxyl groups excluding tert-OH is 4. The first-order valence-electron chi connectivity index (χ1n) is 18.3. The molecule has 284 valence electrons. The lowest BCUT2D eigenvalue weighted by Crippen LogP contribution is -2.55. The summed E-state index contributed by atoms with van der Waals surface area (Å²) in [5.41, 5.74) is 0.676. The first-order chi connectivity index (χ1) is 24.3. The Morgan fingerprint density at radius 1 is 1.14 bits per heavy atom. The number of esters is 2. The molecule has 10 heteroatoms. The second kappa shape index (κ2) is 20.8. The second-order valence-electron chi connectivity index (χ2n) is 14.4. The van der Waals surface area contributed by atoms with Crippen molar-refractivity contribution in [1.29, 1.82) is 0 Å². The molecule has 11 atom stereocenters. The van der Waals surface area contributed by atoms with Crippen molar-refractivity contribution in [3.8, 4) is 0 Å². The molecule has 3 rings (SSSR count). The van der Waals surface area contributed by atoms with Gasteiger partial charge in [0.15, 0.2) is 6.10 Å². The Bertz CT molecular complexity index is 1330. The molecule has 0 aromatic heterocycles. The average Bonchev–Trinajstić information content (AvgIpc) is 3.10. The van der Waals surface area contributed by atoms with Crippen molar-refractivity contribution in [1.82, 2.24) is 0 Å². The normalized spacial score (nSPS) is 32.5. The molecule has 51 heavy (non-hydrogen) atoms. The summed E-state index contributed by atoms with van der Waals surface area (Å²) in [7, 11) is 0. The number of hydrogen-bond acceptors (Lipinski definition) is 10. The molecule has 0 aromatic rings. The minimum Gasteiger partial charge on any atom is -0.459 e. The number of rotatable bonds is 11. The predicted octanol–water partition coefficient (Wildman–Crippen LogP) is 5.38. The van der Waals surface area contributed by atoms with Crippen LogP contribution in [0.15, 0.2) is 84.6 Å². The lowest BCUT2D eigenvalue weighted by atomic mass is 9.73. The highest BCUT2D eigenvalue weighted by Gasteiger charge is 2.49. The zero-order chi connectivity index (χ0) is 37.6. The molecule has 0 saturated carbocycles. The summed E-state index contributed by atoms with van der Waals surface area (Å²) in [4.78, 5) is 25.4. The van der Waals surface area contributed by atoms with Crippen LogP contribution in [-0.4, -0.2) is 94.4 Å². The van der Waals surface area contributed by atoms with E-state index in [9.17, 15) is 30.0 Å². The number of carbonyl (C=O) groups is 2. The Kier molecular flexibility index (Phi) is 17.2. The van der Waals surface area contributed by atoms with Gasteiger partial charge in [-0.25, -0.2) is 9.59 Å². The maximum absolute atomic E-state index is 13.0. The molecular formula is C41H60O10. The molecule has 0 amide bonds. The molecule has 2 fully saturated rings. The van der Waals surface area contributed by atoms with Crippen molar-refractivity contribution in [3.05, 3.63) is 84.6 Å². The second-order valence-corrected chi connectivity index (χ2v) is 14.4. The smallest absolute Gasteiger partial charge is 0.335 e. The van der Waals surface area contributed by atoms with Crippen LogP contribution in [0.4, 0.5) is 0 Å². The van der Waals surface area contributed by atoms with Crippen LogP contribution in [0.2, 0.25) is 0 Å². The molecule has 0 aliphatic carbocycles. The monoisotopic (exact) mass is 712 g/mol. The van der Waals surface area contributed by atoms with Crippen LogP contribution in [0.25, 0.3) is 0 Å². The number of aliphatic hydroxyl groups is 4. The highest BCUT2D eigenvalue weighted by Crippen LogP contribution is 2.41. The van der Waals surface area contributed by atoms with Crippen molar-refractivity contribution in [3.63, 3.8) is 0 Å². The Labute approximate surface area is 303 Å². The summed E-state index contributed by atoms with van der Waals surface area (Å²) in [6, 6.07) is 0. The maximum Gasteiger partial charge on any atom is 0.335 e. The van der Waals surface area contributed by atoms with Gasteiger partial charge in [-0.3, -0.25) is 0 Å². The number of ether oxygens (including phenoxy) is 4. The lowest BCUT2D eigenvalue weighted by molar-refractivity contribution is -0.198. The third kappa shape index (κ3) is 12.8. The third-order valence-corrected chi connectivity index (χ3v) is 10.3. The van der Waals surface area contributed by atoms with Crippen LogP contribution in [0.1, 0.15) is 79.6 Å². The molecule has 4 bridgehead atoms. The highest BCUT2D eigenvalue weighted by atomic mass is 16.6. The Hall–Kier alpha value is -3.12. The Balaban J connectivity index is 1.71. The van der Waals surface area contributed by atoms with E-state index in [1.54, 1.807) is 24.3 Å². The summed E-state index contributed by atoms with van der Waals surface area (Å²) in [6.45, 7) is 13.0. The van der Waals surface area contributed by atoms with E-state index < -0.39 is 54.0 Å². The van der Waals surface area contributed by atoms with Gasteiger partial charge in [0.2, 0.25) is 0 Å². The van der Waals surface area contributed by atoms with Crippen LogP contribution in [0.5, 0.6) is 0 Å². The van der Waals surface area contributed by atoms with E-state index >= 15 is 0 Å². The SMILES string of the molecule is C=C(COC(=O)C(O)CC=CCC1OC2C=CCC=CC(C)=CC3OC(CC=CC=CC(=O)OC(C2)C1(C)CO)CC(O)C3C)C(C)C(O)CC. The maximum atomic E-state index is 13.0. The molecule has 0 radical (unpaired) electrons. The van der Waals surface area contributed by atoms with Gasteiger partial charge in [0.25, 0.3) is 0 Å². The van der Waals surface area contributed by atoms with Gasteiger partial charge in [-0.05, 0) is 38.2 Å². The topological polar surface area (TPSA) is 152 Å². The molecule has 2 saturated heterocycles. The lowest BCUT2D eigenvalue weighted by Gasteiger charge is -2.47. The highest BCUT2D eigenvalue weighted by molar-refractivity contribution is 5.82. The molecule has 10 nitrogen and oxygen atoms in total. The first kappa shape index (κ1) is 42.3. The van der Waals surface area contributed by atoms with Crippen LogP contribution < -0.4 is 0 Å².